The summed E-state index contributed by atoms with van der Waals surface area (Å²) in [5.74, 6) is 0.656. The van der Waals surface area contributed by atoms with Gasteiger partial charge in [0.2, 0.25) is 5.78 Å². The van der Waals surface area contributed by atoms with Crippen LogP contribution < -0.4 is 4.90 Å². The molecule has 0 radical (unpaired) electrons. The van der Waals surface area contributed by atoms with E-state index < -0.39 is 0 Å². The van der Waals surface area contributed by atoms with Gasteiger partial charge in [0.15, 0.2) is 0 Å². The van der Waals surface area contributed by atoms with Gasteiger partial charge in [-0.25, -0.2) is 9.97 Å². The third kappa shape index (κ3) is 2.63. The minimum Gasteiger partial charge on any atom is -0.355 e. The van der Waals surface area contributed by atoms with E-state index in [0.29, 0.717) is 13.0 Å². The summed E-state index contributed by atoms with van der Waals surface area (Å²) in [6, 6.07) is 3.74. The first kappa shape index (κ1) is 15.1. The van der Waals surface area contributed by atoms with Crippen molar-refractivity contribution >= 4 is 22.6 Å². The van der Waals surface area contributed by atoms with Crippen molar-refractivity contribution in [2.45, 2.75) is 31.2 Å². The van der Waals surface area contributed by atoms with Gasteiger partial charge in [-0.3, -0.25) is 9.69 Å². The second kappa shape index (κ2) is 5.87. The summed E-state index contributed by atoms with van der Waals surface area (Å²) >= 11 is 0. The van der Waals surface area contributed by atoms with E-state index in [9.17, 15) is 4.79 Å². The van der Waals surface area contributed by atoms with E-state index in [1.807, 2.05) is 12.3 Å². The lowest BCUT2D eigenvalue weighted by molar-refractivity contribution is -0.114. The number of nitrogens with one attached hydrogen (secondary N) is 1. The normalized spacial score (nSPS) is 20.0. The van der Waals surface area contributed by atoms with Crippen LogP contribution in [0, 0.1) is 11.3 Å². The molecule has 2 aliphatic rings. The maximum absolute atomic E-state index is 11.4. The van der Waals surface area contributed by atoms with Gasteiger partial charge in [0.05, 0.1) is 5.39 Å². The molecule has 124 valence electrons. The van der Waals surface area contributed by atoms with Crippen molar-refractivity contribution < 1.29 is 4.79 Å². The predicted octanol–water partition coefficient (Wildman–Crippen LogP) is 1.49. The topological polar surface area (TPSA) is 88.9 Å². The maximum Gasteiger partial charge on any atom is 0.233 e. The Hall–Kier alpha value is -2.46. The molecule has 2 aromatic heterocycles. The number of Topliss-reactive ketones (excluding diaryl/α,β-unsaturated/α-hetero) is 1. The molecule has 0 atom stereocenters. The lowest BCUT2D eigenvalue weighted by Crippen LogP contribution is -2.39. The number of aromatic amines is 1. The largest absolute Gasteiger partial charge is 0.355 e. The number of hydrogen-bond acceptors (Lipinski definition) is 6. The molecule has 4 rings (SSSR count). The standard InChI is InChI=1S/C17H20N6O/c18-11-13(24)2-7-23-10-9-22(8-5-17(23)3-4-17)16-14-1-6-19-15(14)20-12-21-16/h1,6,12H,2-5,7-10H2,(H,19,20,21). The Morgan fingerprint density at radius 1 is 1.29 bits per heavy atom. The third-order valence-corrected chi connectivity index (χ3v) is 5.35. The van der Waals surface area contributed by atoms with Crippen molar-refractivity contribution in [2.24, 2.45) is 0 Å². The molecule has 7 heteroatoms. The molecule has 3 heterocycles. The molecule has 1 N–H and O–H groups in total. The second-order valence-corrected chi connectivity index (χ2v) is 6.67. The highest BCUT2D eigenvalue weighted by Crippen LogP contribution is 2.46. The fraction of sp³-hybridized carbons (Fsp3) is 0.529. The van der Waals surface area contributed by atoms with Crippen LogP contribution in [-0.2, 0) is 4.79 Å². The SMILES string of the molecule is N#CC(=O)CCN1CCN(c2ncnc3[nH]ccc23)CCC12CC2. The van der Waals surface area contributed by atoms with Gasteiger partial charge in [0, 0.05) is 44.3 Å². The first-order valence-corrected chi connectivity index (χ1v) is 8.43. The Bertz CT molecular complexity index is 803. The highest BCUT2D eigenvalue weighted by molar-refractivity contribution is 5.93. The molecular formula is C17H20N6O. The summed E-state index contributed by atoms with van der Waals surface area (Å²) in [6.07, 6.45) is 7.27. The molecule has 1 saturated heterocycles. The highest BCUT2D eigenvalue weighted by Gasteiger charge is 2.48. The van der Waals surface area contributed by atoms with Crippen LogP contribution in [0.25, 0.3) is 11.0 Å². The average molecular weight is 324 g/mol. The number of ketones is 1. The second-order valence-electron chi connectivity index (χ2n) is 6.67. The molecule has 1 aliphatic heterocycles. The molecule has 2 fully saturated rings. The average Bonchev–Trinajstić information content (AvgIpc) is 3.28. The van der Waals surface area contributed by atoms with E-state index in [-0.39, 0.29) is 11.3 Å². The minimum atomic E-state index is -0.322. The fourth-order valence-corrected chi connectivity index (χ4v) is 3.77. The summed E-state index contributed by atoms with van der Waals surface area (Å²) in [5.41, 5.74) is 1.09. The molecule has 1 saturated carbocycles. The number of hydrogen-bond donors (Lipinski definition) is 1. The summed E-state index contributed by atoms with van der Waals surface area (Å²) in [4.78, 5) is 28.0. The first-order valence-electron chi connectivity index (χ1n) is 8.43. The maximum atomic E-state index is 11.4. The molecule has 0 amide bonds. The van der Waals surface area contributed by atoms with Crippen LogP contribution in [-0.4, -0.2) is 57.4 Å². The van der Waals surface area contributed by atoms with Crippen LogP contribution in [0.3, 0.4) is 0 Å². The number of nitriles is 1. The van der Waals surface area contributed by atoms with E-state index in [1.54, 1.807) is 12.4 Å². The van der Waals surface area contributed by atoms with Crippen molar-refractivity contribution in [3.05, 3.63) is 18.6 Å². The van der Waals surface area contributed by atoms with Crippen molar-refractivity contribution in [1.29, 1.82) is 5.26 Å². The van der Waals surface area contributed by atoms with Gasteiger partial charge in [-0.15, -0.1) is 0 Å². The molecule has 7 nitrogen and oxygen atoms in total. The van der Waals surface area contributed by atoms with E-state index in [4.69, 9.17) is 5.26 Å². The number of carbonyl (C=O) groups is 1. The van der Waals surface area contributed by atoms with E-state index in [0.717, 1.165) is 42.9 Å². The zero-order valence-corrected chi connectivity index (χ0v) is 13.5. The van der Waals surface area contributed by atoms with Gasteiger partial charge in [0.1, 0.15) is 23.9 Å². The Labute approximate surface area is 140 Å². The zero-order valence-electron chi connectivity index (χ0n) is 13.5. The highest BCUT2D eigenvalue weighted by atomic mass is 16.1. The van der Waals surface area contributed by atoms with E-state index in [2.05, 4.69) is 24.8 Å². The van der Waals surface area contributed by atoms with Gasteiger partial charge < -0.3 is 9.88 Å². The van der Waals surface area contributed by atoms with E-state index >= 15 is 0 Å². The van der Waals surface area contributed by atoms with Crippen LogP contribution in [0.2, 0.25) is 0 Å². The molecule has 24 heavy (non-hydrogen) atoms. The Kier molecular flexibility index (Phi) is 3.69. The van der Waals surface area contributed by atoms with Crippen molar-refractivity contribution in [1.82, 2.24) is 19.9 Å². The van der Waals surface area contributed by atoms with Gasteiger partial charge in [0.25, 0.3) is 0 Å². The van der Waals surface area contributed by atoms with Gasteiger partial charge >= 0.3 is 0 Å². The van der Waals surface area contributed by atoms with Crippen LogP contribution >= 0.6 is 0 Å². The molecule has 0 unspecified atom stereocenters. The predicted molar refractivity (Wildman–Crippen MR) is 89.5 cm³/mol. The van der Waals surface area contributed by atoms with Crippen molar-refractivity contribution in [3.63, 3.8) is 0 Å². The van der Waals surface area contributed by atoms with E-state index in [1.165, 1.54) is 12.8 Å². The Morgan fingerprint density at radius 2 is 2.17 bits per heavy atom. The number of nitrogens with zero attached hydrogens (tertiary/aromatic N) is 5. The van der Waals surface area contributed by atoms with Crippen LogP contribution in [0.4, 0.5) is 5.82 Å². The number of aromatic nitrogens is 3. The number of carbonyl (C=O) groups excluding carboxylic acids is 1. The van der Waals surface area contributed by atoms with Gasteiger partial charge in [-0.05, 0) is 25.3 Å². The number of H-pyrrole nitrogens is 1. The number of anilines is 1. The van der Waals surface area contributed by atoms with Crippen LogP contribution in [0.15, 0.2) is 18.6 Å². The summed E-state index contributed by atoms with van der Waals surface area (Å²) < 4.78 is 0. The lowest BCUT2D eigenvalue weighted by atomic mass is 10.1. The Balaban J connectivity index is 1.52. The first-order chi connectivity index (χ1) is 11.7. The number of fused-ring (bicyclic) bond motifs is 1. The lowest BCUT2D eigenvalue weighted by Gasteiger charge is -2.28. The zero-order chi connectivity index (χ0) is 16.6. The van der Waals surface area contributed by atoms with Crippen LogP contribution in [0.5, 0.6) is 0 Å². The Morgan fingerprint density at radius 3 is 2.96 bits per heavy atom. The van der Waals surface area contributed by atoms with Crippen molar-refractivity contribution in [3.8, 4) is 6.07 Å². The smallest absolute Gasteiger partial charge is 0.233 e. The summed E-state index contributed by atoms with van der Waals surface area (Å²) in [7, 11) is 0. The monoisotopic (exact) mass is 324 g/mol. The van der Waals surface area contributed by atoms with Gasteiger partial charge in [-0.2, -0.15) is 5.26 Å². The third-order valence-electron chi connectivity index (χ3n) is 5.35. The number of rotatable bonds is 4. The molecule has 1 aliphatic carbocycles. The molecule has 0 bridgehead atoms. The van der Waals surface area contributed by atoms with Crippen molar-refractivity contribution in [2.75, 3.05) is 31.1 Å². The molecule has 1 spiro atoms. The summed E-state index contributed by atoms with van der Waals surface area (Å²) in [6.45, 7) is 3.41. The summed E-state index contributed by atoms with van der Waals surface area (Å²) in [5, 5.41) is 9.74. The minimum absolute atomic E-state index is 0.231. The van der Waals surface area contributed by atoms with Crippen LogP contribution in [0.1, 0.15) is 25.7 Å². The molecule has 0 aromatic carbocycles. The molecule has 2 aromatic rings. The van der Waals surface area contributed by atoms with Gasteiger partial charge in [-0.1, -0.05) is 0 Å². The quantitative estimate of drug-likeness (QED) is 0.857. The fourth-order valence-electron chi connectivity index (χ4n) is 3.77. The molecular weight excluding hydrogens is 304 g/mol.